The number of carbonyl (C=O) groups is 2. The maximum absolute atomic E-state index is 13.4. The lowest BCUT2D eigenvalue weighted by atomic mass is 9.92. The summed E-state index contributed by atoms with van der Waals surface area (Å²) in [6.07, 6.45) is 0.869. The van der Waals surface area contributed by atoms with Gasteiger partial charge in [0.1, 0.15) is 12.5 Å². The first-order valence-corrected chi connectivity index (χ1v) is 10.7. The Morgan fingerprint density at radius 2 is 1.91 bits per heavy atom. The minimum Gasteiger partial charge on any atom is -0.374 e. The number of carbonyl (C=O) groups excluding carboxylic acids is 2. The van der Waals surface area contributed by atoms with Crippen molar-refractivity contribution in [3.8, 4) is 6.07 Å². The van der Waals surface area contributed by atoms with E-state index in [-0.39, 0.29) is 28.0 Å². The Kier molecular flexibility index (Phi) is 7.92. The number of halogens is 2. The van der Waals surface area contributed by atoms with E-state index in [1.165, 1.54) is 18.2 Å². The first kappa shape index (κ1) is 23.4. The number of amides is 2. The van der Waals surface area contributed by atoms with Crippen LogP contribution in [0.3, 0.4) is 0 Å². The third-order valence-corrected chi connectivity index (χ3v) is 5.65. The first-order valence-electron chi connectivity index (χ1n) is 9.89. The molecule has 1 heterocycles. The number of aliphatic hydroxyl groups is 1. The highest BCUT2D eigenvalue weighted by molar-refractivity contribution is 9.10. The molecule has 0 aliphatic carbocycles. The van der Waals surface area contributed by atoms with Gasteiger partial charge in [0, 0.05) is 30.4 Å². The van der Waals surface area contributed by atoms with Gasteiger partial charge in [-0.25, -0.2) is 14.2 Å². The number of hydrogen-bond acceptors (Lipinski definition) is 5. The molecule has 1 aliphatic rings. The molecule has 8 nitrogen and oxygen atoms in total. The van der Waals surface area contributed by atoms with Gasteiger partial charge in [0.2, 0.25) is 5.78 Å². The number of nitrogens with one attached hydrogen (secondary N) is 2. The summed E-state index contributed by atoms with van der Waals surface area (Å²) >= 11 is 3.09. The number of benzene rings is 2. The quantitative estimate of drug-likeness (QED) is 0.426. The van der Waals surface area contributed by atoms with E-state index in [0.29, 0.717) is 42.9 Å². The highest BCUT2D eigenvalue weighted by Gasteiger charge is 2.30. The number of aliphatic imine (C=N–C) groups is 1. The van der Waals surface area contributed by atoms with Crippen LogP contribution in [-0.4, -0.2) is 47.5 Å². The Hall–Kier alpha value is -3.29. The molecule has 0 radical (unpaired) electrons. The molecule has 0 bridgehead atoms. The molecule has 10 heteroatoms. The van der Waals surface area contributed by atoms with Crippen molar-refractivity contribution in [1.82, 2.24) is 4.90 Å². The number of urea groups is 1. The van der Waals surface area contributed by atoms with Gasteiger partial charge in [0.15, 0.2) is 5.84 Å². The van der Waals surface area contributed by atoms with Crippen molar-refractivity contribution in [2.75, 3.05) is 30.5 Å². The van der Waals surface area contributed by atoms with Crippen LogP contribution in [0.25, 0.3) is 0 Å². The number of rotatable bonds is 5. The van der Waals surface area contributed by atoms with Crippen LogP contribution in [-0.2, 0) is 4.79 Å². The minimum absolute atomic E-state index is 0.0118. The number of likely N-dealkylation sites (tertiary alicyclic amines) is 1. The van der Waals surface area contributed by atoms with Gasteiger partial charge in [-0.3, -0.25) is 4.79 Å². The largest absolute Gasteiger partial charge is 0.374 e. The summed E-state index contributed by atoms with van der Waals surface area (Å²) in [4.78, 5) is 30.9. The van der Waals surface area contributed by atoms with Gasteiger partial charge in [-0.2, -0.15) is 5.26 Å². The number of amidine groups is 1. The number of anilines is 2. The van der Waals surface area contributed by atoms with E-state index < -0.39 is 12.5 Å². The van der Waals surface area contributed by atoms with Gasteiger partial charge < -0.3 is 20.6 Å². The summed E-state index contributed by atoms with van der Waals surface area (Å²) in [6.45, 7) is 0.169. The SMILES string of the molecule is N#Cc1cccc(NC(=O)N2CCC(C(=O)/C(=N/CO)Nc3ccc(F)c(Br)c3)CC2)c1. The van der Waals surface area contributed by atoms with Crippen molar-refractivity contribution in [3.63, 3.8) is 0 Å². The lowest BCUT2D eigenvalue weighted by Crippen LogP contribution is -2.44. The van der Waals surface area contributed by atoms with E-state index in [9.17, 15) is 19.1 Å². The molecule has 1 saturated heterocycles. The molecule has 3 N–H and O–H groups in total. The monoisotopic (exact) mass is 501 g/mol. The fourth-order valence-electron chi connectivity index (χ4n) is 3.37. The summed E-state index contributed by atoms with van der Waals surface area (Å²) in [5.74, 6) is -1.10. The number of aliphatic hydroxyl groups excluding tert-OH is 1. The minimum atomic E-state index is -0.570. The average Bonchev–Trinajstić information content (AvgIpc) is 2.81. The fraction of sp³-hybridized carbons (Fsp3) is 0.273. The summed E-state index contributed by atoms with van der Waals surface area (Å²) in [7, 11) is 0. The number of nitrogens with zero attached hydrogens (tertiary/aromatic N) is 3. The normalized spacial score (nSPS) is 14.6. The second-order valence-electron chi connectivity index (χ2n) is 7.15. The van der Waals surface area contributed by atoms with E-state index in [2.05, 4.69) is 31.6 Å². The molecule has 0 unspecified atom stereocenters. The number of piperidine rings is 1. The van der Waals surface area contributed by atoms with Gasteiger partial charge in [-0.15, -0.1) is 0 Å². The highest BCUT2D eigenvalue weighted by atomic mass is 79.9. The van der Waals surface area contributed by atoms with Gasteiger partial charge >= 0.3 is 6.03 Å². The van der Waals surface area contributed by atoms with E-state index in [1.807, 2.05) is 6.07 Å². The standard InChI is InChI=1S/C22H21BrFN5O3/c23-18-11-17(4-5-19(18)24)27-21(26-13-30)20(31)15-6-8-29(9-7-15)22(32)28-16-3-1-2-14(10-16)12-25/h1-5,10-11,15,30H,6-9,13H2,(H,26,27)(H,28,32). The Morgan fingerprint density at radius 1 is 1.19 bits per heavy atom. The lowest BCUT2D eigenvalue weighted by molar-refractivity contribution is -0.117. The van der Waals surface area contributed by atoms with Crippen molar-refractivity contribution in [1.29, 1.82) is 5.26 Å². The predicted octanol–water partition coefficient (Wildman–Crippen LogP) is 3.73. The van der Waals surface area contributed by atoms with Crippen molar-refractivity contribution < 1.29 is 19.1 Å². The van der Waals surface area contributed by atoms with Gasteiger partial charge in [-0.05, 0) is 65.2 Å². The van der Waals surface area contributed by atoms with Crippen molar-refractivity contribution >= 4 is 45.0 Å². The van der Waals surface area contributed by atoms with E-state index in [1.54, 1.807) is 29.2 Å². The Balaban J connectivity index is 1.59. The molecule has 2 amide bonds. The van der Waals surface area contributed by atoms with Crippen LogP contribution < -0.4 is 10.6 Å². The summed E-state index contributed by atoms with van der Waals surface area (Å²) < 4.78 is 13.7. The fourth-order valence-corrected chi connectivity index (χ4v) is 3.75. The predicted molar refractivity (Wildman–Crippen MR) is 122 cm³/mol. The molecular weight excluding hydrogens is 481 g/mol. The van der Waals surface area contributed by atoms with Crippen LogP contribution in [0, 0.1) is 23.1 Å². The second kappa shape index (κ2) is 10.8. The molecule has 0 atom stereocenters. The van der Waals surface area contributed by atoms with Crippen LogP contribution in [0.4, 0.5) is 20.6 Å². The van der Waals surface area contributed by atoms with Crippen LogP contribution in [0.15, 0.2) is 51.9 Å². The molecule has 32 heavy (non-hydrogen) atoms. The lowest BCUT2D eigenvalue weighted by Gasteiger charge is -2.31. The highest BCUT2D eigenvalue weighted by Crippen LogP contribution is 2.23. The molecule has 1 fully saturated rings. The van der Waals surface area contributed by atoms with Crippen molar-refractivity contribution in [2.24, 2.45) is 10.9 Å². The topological polar surface area (TPSA) is 118 Å². The Bertz CT molecular complexity index is 1080. The Morgan fingerprint density at radius 3 is 2.56 bits per heavy atom. The average molecular weight is 502 g/mol. The molecule has 2 aromatic carbocycles. The molecule has 0 saturated carbocycles. The maximum atomic E-state index is 13.4. The van der Waals surface area contributed by atoms with Crippen molar-refractivity contribution in [3.05, 3.63) is 58.3 Å². The number of hydrogen-bond donors (Lipinski definition) is 3. The zero-order valence-electron chi connectivity index (χ0n) is 17.0. The van der Waals surface area contributed by atoms with Gasteiger partial charge in [0.05, 0.1) is 16.1 Å². The molecule has 2 aromatic rings. The summed E-state index contributed by atoms with van der Waals surface area (Å²) in [5.41, 5.74) is 1.43. The molecule has 3 rings (SSSR count). The van der Waals surface area contributed by atoms with Crippen LogP contribution in [0.2, 0.25) is 0 Å². The summed E-state index contributed by atoms with van der Waals surface area (Å²) in [5, 5.41) is 23.8. The summed E-state index contributed by atoms with van der Waals surface area (Å²) in [6, 6.07) is 12.5. The molecule has 1 aliphatic heterocycles. The zero-order valence-corrected chi connectivity index (χ0v) is 18.6. The molecule has 0 aromatic heterocycles. The van der Waals surface area contributed by atoms with E-state index >= 15 is 0 Å². The molecular formula is C22H21BrFN5O3. The maximum Gasteiger partial charge on any atom is 0.321 e. The van der Waals surface area contributed by atoms with Crippen molar-refractivity contribution in [2.45, 2.75) is 12.8 Å². The number of ketones is 1. The zero-order chi connectivity index (χ0) is 23.1. The van der Waals surface area contributed by atoms with Gasteiger partial charge in [0.25, 0.3) is 0 Å². The molecule has 166 valence electrons. The van der Waals surface area contributed by atoms with Crippen LogP contribution >= 0.6 is 15.9 Å². The van der Waals surface area contributed by atoms with E-state index in [0.717, 1.165) is 0 Å². The molecule has 0 spiro atoms. The third-order valence-electron chi connectivity index (χ3n) is 5.04. The number of Topliss-reactive ketones (excluding diaryl/α,β-unsaturated/α-hetero) is 1. The third kappa shape index (κ3) is 5.90. The Labute approximate surface area is 192 Å². The van der Waals surface area contributed by atoms with Gasteiger partial charge in [-0.1, -0.05) is 6.07 Å². The second-order valence-corrected chi connectivity index (χ2v) is 8.00. The van der Waals surface area contributed by atoms with E-state index in [4.69, 9.17) is 5.26 Å². The number of nitriles is 1. The van der Waals surface area contributed by atoms with Crippen LogP contribution in [0.5, 0.6) is 0 Å². The first-order chi connectivity index (χ1) is 15.4. The smallest absolute Gasteiger partial charge is 0.321 e. The van der Waals surface area contributed by atoms with Crippen LogP contribution in [0.1, 0.15) is 18.4 Å².